The van der Waals surface area contributed by atoms with Crippen molar-refractivity contribution in [3.05, 3.63) is 70.4 Å². The second-order valence-corrected chi connectivity index (χ2v) is 10.7. The van der Waals surface area contributed by atoms with Crippen LogP contribution in [0.3, 0.4) is 0 Å². The van der Waals surface area contributed by atoms with Gasteiger partial charge in [-0.2, -0.15) is 0 Å². The molecule has 0 aromatic heterocycles. The van der Waals surface area contributed by atoms with Crippen LogP contribution in [-0.2, 0) is 24.3 Å². The molecule has 1 unspecified atom stereocenters. The van der Waals surface area contributed by atoms with Gasteiger partial charge in [0.25, 0.3) is 0 Å². The average molecular weight is 503 g/mol. The monoisotopic (exact) mass is 502 g/mol. The molecule has 3 aliphatic rings. The third kappa shape index (κ3) is 8.05. The van der Waals surface area contributed by atoms with Crippen molar-refractivity contribution in [2.45, 2.75) is 64.5 Å². The highest BCUT2D eigenvalue weighted by molar-refractivity contribution is 7.93. The number of ether oxygens (including phenoxy) is 2. The van der Waals surface area contributed by atoms with Gasteiger partial charge in [0, 0.05) is 19.0 Å². The summed E-state index contributed by atoms with van der Waals surface area (Å²) in [6.07, 6.45) is 12.1. The van der Waals surface area contributed by atoms with Crippen molar-refractivity contribution in [1.82, 2.24) is 9.62 Å². The molecule has 0 bridgehead atoms. The molecule has 1 aliphatic heterocycles. The van der Waals surface area contributed by atoms with Crippen LogP contribution >= 0.6 is 0 Å². The number of hydrogen-bond donors (Lipinski definition) is 1. The summed E-state index contributed by atoms with van der Waals surface area (Å²) >= 11 is 0. The fraction of sp³-hybridized carbons (Fsp3) is 0.519. The summed E-state index contributed by atoms with van der Waals surface area (Å²) in [6.45, 7) is 6.35. The van der Waals surface area contributed by atoms with E-state index in [9.17, 15) is 13.2 Å². The zero-order valence-corrected chi connectivity index (χ0v) is 21.6. The highest BCUT2D eigenvalue weighted by Gasteiger charge is 2.24. The highest BCUT2D eigenvalue weighted by atomic mass is 32.2. The number of sulfonamides is 1. The Labute approximate surface area is 209 Å². The van der Waals surface area contributed by atoms with Crippen LogP contribution < -0.4 is 4.72 Å². The largest absolute Gasteiger partial charge is 0.498 e. The summed E-state index contributed by atoms with van der Waals surface area (Å²) in [6, 6.07) is 10.1. The van der Waals surface area contributed by atoms with Gasteiger partial charge in [-0.1, -0.05) is 55.7 Å². The lowest BCUT2D eigenvalue weighted by Gasteiger charge is -2.32. The topological polar surface area (TPSA) is 84.9 Å². The Morgan fingerprint density at radius 1 is 1.17 bits per heavy atom. The minimum atomic E-state index is -3.44. The third-order valence-corrected chi connectivity index (χ3v) is 7.95. The maximum absolute atomic E-state index is 12.5. The lowest BCUT2D eigenvalue weighted by molar-refractivity contribution is -0.126. The molecule has 0 spiro atoms. The Kier molecular flexibility index (Phi) is 10.6. The summed E-state index contributed by atoms with van der Waals surface area (Å²) in [4.78, 5) is 12.9. The van der Waals surface area contributed by atoms with Gasteiger partial charge in [0.1, 0.15) is 5.76 Å². The summed E-state index contributed by atoms with van der Waals surface area (Å²) in [5, 5.41) is 0. The number of morpholine rings is 1. The quantitative estimate of drug-likeness (QED) is 0.551. The number of hydrogen-bond acceptors (Lipinski definition) is 5. The predicted molar refractivity (Wildman–Crippen MR) is 138 cm³/mol. The van der Waals surface area contributed by atoms with Gasteiger partial charge >= 0.3 is 0 Å². The molecular weight excluding hydrogens is 464 g/mol. The van der Waals surface area contributed by atoms with Gasteiger partial charge < -0.3 is 14.4 Å². The zero-order valence-electron chi connectivity index (χ0n) is 20.8. The molecule has 4 rings (SSSR count). The van der Waals surface area contributed by atoms with E-state index < -0.39 is 10.0 Å². The molecule has 35 heavy (non-hydrogen) atoms. The lowest BCUT2D eigenvalue weighted by Crippen LogP contribution is -2.38. The molecule has 2 aliphatic carbocycles. The molecule has 1 atom stereocenters. The maximum Gasteiger partial charge on any atom is 0.240 e. The third-order valence-electron chi connectivity index (χ3n) is 6.43. The number of nitrogens with zero attached hydrogens (tertiary/aromatic N) is 1. The fourth-order valence-electron chi connectivity index (χ4n) is 4.51. The first-order chi connectivity index (χ1) is 16.9. The Hall–Kier alpha value is -2.42. The molecule has 7 nitrogen and oxygen atoms in total. The van der Waals surface area contributed by atoms with E-state index in [-0.39, 0.29) is 12.1 Å². The van der Waals surface area contributed by atoms with Crippen molar-refractivity contribution < 1.29 is 22.7 Å². The standard InChI is InChI=1S/C16H25NO3S.C11H13NO2/c1-3-20-16-11-7-10-15(12-13(16)2)21(18,19)17-14-8-5-4-6-9-14;13-9-12-6-7-14-8-11(12)10-4-2-1-3-5-10/h7,10,12,14,17H,3-6,8-9,11H2,1-2H3;1-5,9,11H,6-8H2. The van der Waals surface area contributed by atoms with Gasteiger partial charge in [-0.15, -0.1) is 0 Å². The van der Waals surface area contributed by atoms with E-state index >= 15 is 0 Å². The van der Waals surface area contributed by atoms with Gasteiger partial charge in [-0.25, -0.2) is 13.1 Å². The molecule has 192 valence electrons. The number of allylic oxidation sites excluding steroid dienone is 4. The molecule has 1 amide bonds. The van der Waals surface area contributed by atoms with Gasteiger partial charge in [-0.3, -0.25) is 4.79 Å². The van der Waals surface area contributed by atoms with E-state index in [0.29, 0.717) is 37.7 Å². The van der Waals surface area contributed by atoms with E-state index in [1.165, 1.54) is 6.42 Å². The van der Waals surface area contributed by atoms with Gasteiger partial charge in [0.05, 0.1) is 30.8 Å². The van der Waals surface area contributed by atoms with Crippen molar-refractivity contribution in [2.24, 2.45) is 0 Å². The molecule has 0 radical (unpaired) electrons. The first kappa shape index (κ1) is 27.2. The summed E-state index contributed by atoms with van der Waals surface area (Å²) in [5.74, 6) is 0.844. The normalized spacial score (nSPS) is 21.5. The van der Waals surface area contributed by atoms with Crippen molar-refractivity contribution in [2.75, 3.05) is 26.4 Å². The molecule has 1 heterocycles. The van der Waals surface area contributed by atoms with Gasteiger partial charge in [-0.05, 0) is 50.0 Å². The first-order valence-electron chi connectivity index (χ1n) is 12.5. The minimum Gasteiger partial charge on any atom is -0.498 e. The molecule has 2 fully saturated rings. The summed E-state index contributed by atoms with van der Waals surface area (Å²) in [5.41, 5.74) is 2.02. The van der Waals surface area contributed by atoms with Crippen molar-refractivity contribution in [3.63, 3.8) is 0 Å². The number of rotatable bonds is 7. The first-order valence-corrected chi connectivity index (χ1v) is 14.0. The van der Waals surface area contributed by atoms with Crippen molar-refractivity contribution >= 4 is 16.4 Å². The lowest BCUT2D eigenvalue weighted by atomic mass is 9.96. The second kappa shape index (κ2) is 13.6. The Morgan fingerprint density at radius 2 is 1.91 bits per heavy atom. The molecule has 1 saturated carbocycles. The van der Waals surface area contributed by atoms with Crippen molar-refractivity contribution in [3.8, 4) is 0 Å². The van der Waals surface area contributed by atoms with Crippen LogP contribution in [0, 0.1) is 0 Å². The van der Waals surface area contributed by atoms with Gasteiger partial charge in [0.15, 0.2) is 0 Å². The van der Waals surface area contributed by atoms with Crippen molar-refractivity contribution in [1.29, 1.82) is 0 Å². The maximum atomic E-state index is 12.5. The van der Waals surface area contributed by atoms with E-state index in [2.05, 4.69) is 4.72 Å². The van der Waals surface area contributed by atoms with E-state index in [1.54, 1.807) is 17.1 Å². The molecule has 1 aromatic carbocycles. The average Bonchev–Trinajstić information content (AvgIpc) is 3.07. The number of nitrogens with one attached hydrogen (secondary N) is 1. The number of amides is 1. The zero-order chi connectivity index (χ0) is 25.1. The number of benzene rings is 1. The van der Waals surface area contributed by atoms with Crippen LogP contribution in [0.5, 0.6) is 0 Å². The van der Waals surface area contributed by atoms with E-state index in [4.69, 9.17) is 9.47 Å². The molecule has 1 saturated heterocycles. The van der Waals surface area contributed by atoms with Gasteiger partial charge in [0.2, 0.25) is 16.4 Å². The minimum absolute atomic E-state index is 0.0805. The van der Waals surface area contributed by atoms with Crippen LogP contribution in [-0.4, -0.2) is 52.1 Å². The van der Waals surface area contributed by atoms with Crippen LogP contribution in [0.4, 0.5) is 0 Å². The molecular formula is C27H38N2O5S. The fourth-order valence-corrected chi connectivity index (χ4v) is 5.93. The highest BCUT2D eigenvalue weighted by Crippen LogP contribution is 2.24. The Balaban J connectivity index is 0.000000211. The predicted octanol–water partition coefficient (Wildman–Crippen LogP) is 4.61. The smallest absolute Gasteiger partial charge is 0.240 e. The Bertz CT molecular complexity index is 1010. The van der Waals surface area contributed by atoms with Crippen LogP contribution in [0.1, 0.15) is 64.0 Å². The van der Waals surface area contributed by atoms with E-state index in [0.717, 1.165) is 49.0 Å². The van der Waals surface area contributed by atoms with Crippen LogP contribution in [0.25, 0.3) is 0 Å². The molecule has 8 heteroatoms. The number of carbonyl (C=O) groups excluding carboxylic acids is 1. The number of carbonyl (C=O) groups is 1. The van der Waals surface area contributed by atoms with E-state index in [1.807, 2.05) is 50.3 Å². The second-order valence-electron chi connectivity index (χ2n) is 8.99. The van der Waals surface area contributed by atoms with Crippen LogP contribution in [0.15, 0.2) is 64.8 Å². The van der Waals surface area contributed by atoms with Crippen LogP contribution in [0.2, 0.25) is 0 Å². The summed E-state index contributed by atoms with van der Waals surface area (Å²) < 4.78 is 38.8. The summed E-state index contributed by atoms with van der Waals surface area (Å²) in [7, 11) is -3.44. The SMILES string of the molecule is CCOC1=C(C)C=C(S(=O)(=O)NC2CCCCC2)C=CC1.O=CN1CCOCC1c1ccccc1. The molecule has 1 aromatic rings. The molecule has 1 N–H and O–H groups in total. The Morgan fingerprint density at radius 3 is 2.60 bits per heavy atom.